The molecule has 0 fully saturated rings. The van der Waals surface area contributed by atoms with Gasteiger partial charge in [-0.3, -0.25) is 0 Å². The fraction of sp³-hybridized carbons (Fsp3) is 0. The number of hydrogen-bond acceptors (Lipinski definition) is 1. The highest BCUT2D eigenvalue weighted by atomic mass is 35.5. The van der Waals surface area contributed by atoms with Crippen LogP contribution in [0.25, 0.3) is 0 Å². The fourth-order valence-electron chi connectivity index (χ4n) is 0.0244. The van der Waals surface area contributed by atoms with E-state index >= 15 is 0 Å². The third-order valence-electron chi connectivity index (χ3n) is 0.203. The van der Waals surface area contributed by atoms with Crippen LogP contribution < -0.4 is 0 Å². The lowest BCUT2D eigenvalue weighted by atomic mass is 10.7. The minimum absolute atomic E-state index is 0.0108. The van der Waals surface area contributed by atoms with Gasteiger partial charge in [-0.15, -0.1) is 0 Å². The van der Waals surface area contributed by atoms with Gasteiger partial charge in [0.1, 0.15) is 11.1 Å². The summed E-state index contributed by atoms with van der Waals surface area (Å²) in [6, 6.07) is 1.61. The van der Waals surface area contributed by atoms with Crippen LogP contribution in [0.1, 0.15) is 0 Å². The van der Waals surface area contributed by atoms with Crippen LogP contribution in [0, 0.1) is 11.3 Å². The minimum Gasteiger partial charge on any atom is -0.191 e. The summed E-state index contributed by atoms with van der Waals surface area (Å²) >= 11 is 9.95. The molecule has 0 aromatic carbocycles. The van der Waals surface area contributed by atoms with Gasteiger partial charge in [-0.1, -0.05) is 23.2 Å². The topological polar surface area (TPSA) is 23.8 Å². The van der Waals surface area contributed by atoms with E-state index in [0.717, 1.165) is 5.54 Å². The van der Waals surface area contributed by atoms with Crippen LogP contribution in [0.5, 0.6) is 0 Å². The Labute approximate surface area is 45.8 Å². The predicted octanol–water partition coefficient (Wildman–Crippen LogP) is 1.83. The van der Waals surface area contributed by atoms with Gasteiger partial charge in [0.2, 0.25) is 0 Å². The van der Waals surface area contributed by atoms with Gasteiger partial charge < -0.3 is 0 Å². The van der Waals surface area contributed by atoms with Crippen molar-refractivity contribution in [1.29, 1.82) is 5.26 Å². The summed E-state index contributed by atoms with van der Waals surface area (Å²) in [6.07, 6.45) is 0. The van der Waals surface area contributed by atoms with Crippen LogP contribution in [0.2, 0.25) is 0 Å². The number of rotatable bonds is 0. The Kier molecular flexibility index (Phi) is 2.92. The van der Waals surface area contributed by atoms with Gasteiger partial charge in [0, 0.05) is 5.54 Å². The highest BCUT2D eigenvalue weighted by molar-refractivity contribution is 6.38. The van der Waals surface area contributed by atoms with Crippen molar-refractivity contribution >= 4 is 23.2 Å². The lowest BCUT2D eigenvalue weighted by Gasteiger charge is -1.64. The third kappa shape index (κ3) is 2.07. The Morgan fingerprint density at radius 3 is 2.33 bits per heavy atom. The molecule has 0 spiro atoms. The first-order chi connectivity index (χ1) is 2.81. The first-order valence-corrected chi connectivity index (χ1v) is 1.98. The molecule has 1 nitrogen and oxygen atoms in total. The van der Waals surface area contributed by atoms with Crippen LogP contribution in [0.3, 0.4) is 0 Å². The van der Waals surface area contributed by atoms with Gasteiger partial charge in [-0.05, 0) is 0 Å². The van der Waals surface area contributed by atoms with Crippen LogP contribution >= 0.6 is 23.2 Å². The van der Waals surface area contributed by atoms with Gasteiger partial charge in [0.05, 0.1) is 0 Å². The molecule has 0 rings (SSSR count). The first-order valence-electron chi connectivity index (χ1n) is 1.17. The molecule has 32 valence electrons. The molecular formula is C3HCl2N. The van der Waals surface area contributed by atoms with E-state index in [9.17, 15) is 0 Å². The van der Waals surface area contributed by atoms with Crippen LogP contribution in [-0.4, -0.2) is 0 Å². The van der Waals surface area contributed by atoms with E-state index < -0.39 is 0 Å². The summed E-state index contributed by atoms with van der Waals surface area (Å²) in [7, 11) is 0. The van der Waals surface area contributed by atoms with Crippen molar-refractivity contribution in [3.8, 4) is 6.07 Å². The van der Waals surface area contributed by atoms with Crippen molar-refractivity contribution in [3.63, 3.8) is 0 Å². The van der Waals surface area contributed by atoms with Crippen molar-refractivity contribution in [2.45, 2.75) is 0 Å². The molecule has 0 amide bonds. The van der Waals surface area contributed by atoms with Crippen LogP contribution in [-0.2, 0) is 0 Å². The third-order valence-corrected chi connectivity index (χ3v) is 0.726. The van der Waals surface area contributed by atoms with Crippen molar-refractivity contribution in [3.05, 3.63) is 10.6 Å². The zero-order chi connectivity index (χ0) is 4.99. The molecule has 6 heavy (non-hydrogen) atoms. The van der Waals surface area contributed by atoms with E-state index in [0.29, 0.717) is 0 Å². The molecule has 0 aliphatic carbocycles. The van der Waals surface area contributed by atoms with Gasteiger partial charge in [-0.25, -0.2) is 0 Å². The van der Waals surface area contributed by atoms with E-state index in [-0.39, 0.29) is 5.03 Å². The lowest BCUT2D eigenvalue weighted by molar-refractivity contribution is 1.53. The predicted molar refractivity (Wildman–Crippen MR) is 25.4 cm³/mol. The maximum Gasteiger partial charge on any atom is 0.129 e. The Morgan fingerprint density at radius 1 is 1.83 bits per heavy atom. The normalized spacial score (nSPS) is 10.5. The summed E-state index contributed by atoms with van der Waals surface area (Å²) in [6.45, 7) is 0. The van der Waals surface area contributed by atoms with E-state index in [1.54, 1.807) is 6.07 Å². The van der Waals surface area contributed by atoms with Crippen molar-refractivity contribution in [2.24, 2.45) is 0 Å². The second-order valence-electron chi connectivity index (χ2n) is 0.569. The van der Waals surface area contributed by atoms with Gasteiger partial charge in [0.15, 0.2) is 0 Å². The van der Waals surface area contributed by atoms with Crippen molar-refractivity contribution < 1.29 is 0 Å². The zero-order valence-corrected chi connectivity index (χ0v) is 4.29. The van der Waals surface area contributed by atoms with Crippen LogP contribution in [0.4, 0.5) is 0 Å². The zero-order valence-electron chi connectivity index (χ0n) is 2.78. The molecule has 0 aliphatic heterocycles. The SMILES string of the molecule is N#C/C(Cl)=C/Cl. The average molecular weight is 122 g/mol. The van der Waals surface area contributed by atoms with E-state index in [1.807, 2.05) is 0 Å². The summed E-state index contributed by atoms with van der Waals surface area (Å²) in [5, 5.41) is 7.81. The Bertz CT molecular complexity index is 99.9. The molecule has 3 heteroatoms. The average Bonchev–Trinajstić information content (AvgIpc) is 1.65. The monoisotopic (exact) mass is 121 g/mol. The Balaban J connectivity index is 3.61. The van der Waals surface area contributed by atoms with E-state index in [1.165, 1.54) is 0 Å². The molecule has 0 aliphatic rings. The summed E-state index contributed by atoms with van der Waals surface area (Å²) < 4.78 is 0. The summed E-state index contributed by atoms with van der Waals surface area (Å²) in [4.78, 5) is 0. The summed E-state index contributed by atoms with van der Waals surface area (Å²) in [5.74, 6) is 0. The minimum atomic E-state index is 0.0108. The second-order valence-corrected chi connectivity index (χ2v) is 1.19. The van der Waals surface area contributed by atoms with Crippen molar-refractivity contribution in [1.82, 2.24) is 0 Å². The highest BCUT2D eigenvalue weighted by Crippen LogP contribution is 1.97. The molecule has 0 bridgehead atoms. The molecule has 0 saturated heterocycles. The number of halogens is 2. The van der Waals surface area contributed by atoms with E-state index in [4.69, 9.17) is 28.5 Å². The second kappa shape index (κ2) is 3.02. The highest BCUT2D eigenvalue weighted by Gasteiger charge is 1.77. The molecule has 0 saturated carbocycles. The number of nitrogens with zero attached hydrogens (tertiary/aromatic N) is 1. The largest absolute Gasteiger partial charge is 0.191 e. The molecule has 0 aromatic rings. The number of allylic oxidation sites excluding steroid dienone is 1. The molecule has 0 heterocycles. The fourth-order valence-corrected chi connectivity index (χ4v) is 0.0732. The maximum absolute atomic E-state index is 7.80. The van der Waals surface area contributed by atoms with Gasteiger partial charge >= 0.3 is 0 Å². The van der Waals surface area contributed by atoms with Gasteiger partial charge in [0.25, 0.3) is 0 Å². The Morgan fingerprint density at radius 2 is 2.33 bits per heavy atom. The molecule has 0 N–H and O–H groups in total. The summed E-state index contributed by atoms with van der Waals surface area (Å²) in [5.41, 5.74) is 1.02. The maximum atomic E-state index is 7.80. The smallest absolute Gasteiger partial charge is 0.129 e. The molecular weight excluding hydrogens is 121 g/mol. The van der Waals surface area contributed by atoms with Crippen molar-refractivity contribution in [2.75, 3.05) is 0 Å². The standard InChI is InChI=1S/C3HCl2N/c4-1-3(5)2-6/h1H/b3-1-. The van der Waals surface area contributed by atoms with Crippen LogP contribution in [0.15, 0.2) is 10.6 Å². The molecule has 0 unspecified atom stereocenters. The quantitative estimate of drug-likeness (QED) is 0.449. The Hall–Kier alpha value is -0.190. The first kappa shape index (κ1) is 5.81. The van der Waals surface area contributed by atoms with Gasteiger partial charge in [-0.2, -0.15) is 5.26 Å². The molecule has 0 aromatic heterocycles. The molecule has 0 radical (unpaired) electrons. The number of hydrogen-bond donors (Lipinski definition) is 0. The number of nitriles is 1. The van der Waals surface area contributed by atoms with E-state index in [2.05, 4.69) is 0 Å². The lowest BCUT2D eigenvalue weighted by Crippen LogP contribution is -1.50. The molecule has 0 atom stereocenters.